The number of hydrogen-bond donors (Lipinski definition) is 1. The third kappa shape index (κ3) is 7.25. The van der Waals surface area contributed by atoms with Crippen molar-refractivity contribution in [2.24, 2.45) is 0 Å². The number of hydrogen-bond acceptors (Lipinski definition) is 4. The molecule has 208 valence electrons. The molecule has 0 spiro atoms. The number of halogens is 3. The molecule has 4 rings (SSSR count). The molecule has 0 unspecified atom stereocenters. The van der Waals surface area contributed by atoms with Gasteiger partial charge in [-0.15, -0.1) is 11.8 Å². The minimum Gasteiger partial charge on any atom is -0.324 e. The summed E-state index contributed by atoms with van der Waals surface area (Å²) in [5, 5.41) is 2.71. The van der Waals surface area contributed by atoms with E-state index in [1.807, 2.05) is 49.4 Å². The average molecular weight is 585 g/mol. The average Bonchev–Trinajstić information content (AvgIpc) is 2.92. The van der Waals surface area contributed by atoms with Gasteiger partial charge in [0.2, 0.25) is 5.91 Å². The smallest absolute Gasteiger partial charge is 0.324 e. The molecule has 1 amide bonds. The van der Waals surface area contributed by atoms with Gasteiger partial charge < -0.3 is 5.32 Å². The van der Waals surface area contributed by atoms with Crippen molar-refractivity contribution >= 4 is 39.1 Å². The molecule has 0 heterocycles. The van der Waals surface area contributed by atoms with E-state index in [4.69, 9.17) is 0 Å². The molecule has 0 radical (unpaired) electrons. The maximum atomic E-state index is 13.6. The molecule has 0 aromatic heterocycles. The number of sulfonamides is 1. The molecule has 4 aromatic rings. The quantitative estimate of drug-likeness (QED) is 0.208. The van der Waals surface area contributed by atoms with Crippen LogP contribution < -0.4 is 9.62 Å². The zero-order valence-corrected chi connectivity index (χ0v) is 23.4. The summed E-state index contributed by atoms with van der Waals surface area (Å²) in [6, 6.07) is 25.3. The van der Waals surface area contributed by atoms with Gasteiger partial charge in [0, 0.05) is 16.3 Å². The van der Waals surface area contributed by atoms with E-state index < -0.39 is 34.2 Å². The zero-order chi connectivity index (χ0) is 28.9. The summed E-state index contributed by atoms with van der Waals surface area (Å²) in [5.74, 6) is 0.0274. The lowest BCUT2D eigenvalue weighted by Gasteiger charge is -2.25. The molecule has 4 aromatic carbocycles. The van der Waals surface area contributed by atoms with Crippen molar-refractivity contribution in [3.8, 4) is 0 Å². The Labute approximate surface area is 236 Å². The van der Waals surface area contributed by atoms with Gasteiger partial charge in [-0.3, -0.25) is 9.10 Å². The molecule has 0 bridgehead atoms. The number of nitrogens with zero attached hydrogens (tertiary/aromatic N) is 1. The summed E-state index contributed by atoms with van der Waals surface area (Å²) in [6.07, 6.45) is -4.69. The third-order valence-corrected chi connectivity index (χ3v) is 8.94. The molecule has 0 saturated carbocycles. The second kappa shape index (κ2) is 12.2. The fraction of sp³-hybridized carbons (Fsp3) is 0.167. The Morgan fingerprint density at radius 2 is 1.57 bits per heavy atom. The van der Waals surface area contributed by atoms with E-state index >= 15 is 0 Å². The predicted octanol–water partition coefficient (Wildman–Crippen LogP) is 7.45. The first-order valence-electron chi connectivity index (χ1n) is 12.3. The van der Waals surface area contributed by atoms with Gasteiger partial charge in [0.1, 0.15) is 6.54 Å². The summed E-state index contributed by atoms with van der Waals surface area (Å²) in [4.78, 5) is 14.1. The van der Waals surface area contributed by atoms with E-state index in [1.54, 1.807) is 36.9 Å². The summed E-state index contributed by atoms with van der Waals surface area (Å²) in [6.45, 7) is 2.88. The molecule has 0 aliphatic heterocycles. The summed E-state index contributed by atoms with van der Waals surface area (Å²) < 4.78 is 68.1. The number of alkyl halides is 3. The number of carbonyl (C=O) groups is 1. The van der Waals surface area contributed by atoms with E-state index in [0.29, 0.717) is 9.99 Å². The highest BCUT2D eigenvalue weighted by molar-refractivity contribution is 7.98. The Morgan fingerprint density at radius 1 is 0.875 bits per heavy atom. The van der Waals surface area contributed by atoms with Crippen molar-refractivity contribution < 1.29 is 26.4 Å². The largest absolute Gasteiger partial charge is 0.416 e. The van der Waals surface area contributed by atoms with Crippen LogP contribution in [0.15, 0.2) is 107 Å². The van der Waals surface area contributed by atoms with E-state index in [1.165, 1.54) is 18.2 Å². The van der Waals surface area contributed by atoms with Crippen molar-refractivity contribution in [3.63, 3.8) is 0 Å². The van der Waals surface area contributed by atoms with Crippen LogP contribution in [0.4, 0.5) is 24.5 Å². The number of nitrogens with one attached hydrogen (secondary N) is 1. The topological polar surface area (TPSA) is 66.5 Å². The Hall–Kier alpha value is -3.76. The fourth-order valence-corrected chi connectivity index (χ4v) is 6.22. The van der Waals surface area contributed by atoms with Gasteiger partial charge in [-0.25, -0.2) is 8.42 Å². The van der Waals surface area contributed by atoms with Gasteiger partial charge in [-0.2, -0.15) is 13.2 Å². The first-order chi connectivity index (χ1) is 18.9. The van der Waals surface area contributed by atoms with Crippen molar-refractivity contribution in [2.75, 3.05) is 16.2 Å². The standard InChI is InChI=1S/C30H27F3N2O3S2/c1-21-11-14-27(15-12-21)40(37,38)35(25-8-6-7-24(18-25)30(31,32)33)19-29(36)34-28-16-13-23(17-22(28)2)20-39-26-9-4-3-5-10-26/h3-18H,19-20H2,1-2H3,(H,34,36). The normalized spacial score (nSPS) is 11.7. The van der Waals surface area contributed by atoms with Crippen LogP contribution in [0.25, 0.3) is 0 Å². The Kier molecular flexibility index (Phi) is 8.90. The molecule has 0 aliphatic rings. The Balaban J connectivity index is 1.57. The third-order valence-electron chi connectivity index (χ3n) is 6.07. The van der Waals surface area contributed by atoms with Gasteiger partial charge in [0.25, 0.3) is 10.0 Å². The number of benzene rings is 4. The van der Waals surface area contributed by atoms with Crippen molar-refractivity contribution in [3.05, 3.63) is 119 Å². The molecule has 0 fully saturated rings. The maximum Gasteiger partial charge on any atom is 0.416 e. The lowest BCUT2D eigenvalue weighted by Crippen LogP contribution is -2.38. The van der Waals surface area contributed by atoms with Crippen LogP contribution in [0.5, 0.6) is 0 Å². The molecule has 0 saturated heterocycles. The highest BCUT2D eigenvalue weighted by Gasteiger charge is 2.33. The molecule has 0 aliphatic carbocycles. The second-order valence-corrected chi connectivity index (χ2v) is 12.1. The molecule has 0 atom stereocenters. The summed E-state index contributed by atoms with van der Waals surface area (Å²) in [5.41, 5.74) is 1.81. The molecule has 1 N–H and O–H groups in total. The first-order valence-corrected chi connectivity index (χ1v) is 14.7. The zero-order valence-electron chi connectivity index (χ0n) is 21.8. The maximum absolute atomic E-state index is 13.6. The SMILES string of the molecule is Cc1ccc(S(=O)(=O)N(CC(=O)Nc2ccc(CSc3ccccc3)cc2C)c2cccc(C(F)(F)F)c2)cc1. The Morgan fingerprint density at radius 3 is 2.23 bits per heavy atom. The number of anilines is 2. The van der Waals surface area contributed by atoms with E-state index in [2.05, 4.69) is 5.32 Å². The monoisotopic (exact) mass is 584 g/mol. The minimum absolute atomic E-state index is 0.139. The first kappa shape index (κ1) is 29.2. The molecule has 5 nitrogen and oxygen atoms in total. The van der Waals surface area contributed by atoms with E-state index in [-0.39, 0.29) is 10.6 Å². The molecular weight excluding hydrogens is 557 g/mol. The van der Waals surface area contributed by atoms with Gasteiger partial charge in [0.15, 0.2) is 0 Å². The van der Waals surface area contributed by atoms with Gasteiger partial charge in [-0.05, 0) is 73.5 Å². The van der Waals surface area contributed by atoms with Crippen LogP contribution >= 0.6 is 11.8 Å². The predicted molar refractivity (Wildman–Crippen MR) is 153 cm³/mol. The van der Waals surface area contributed by atoms with Crippen LogP contribution in [-0.4, -0.2) is 20.9 Å². The van der Waals surface area contributed by atoms with Crippen molar-refractivity contribution in [1.82, 2.24) is 0 Å². The van der Waals surface area contributed by atoms with E-state index in [0.717, 1.165) is 45.5 Å². The minimum atomic E-state index is -4.69. The Bertz CT molecular complexity index is 1590. The summed E-state index contributed by atoms with van der Waals surface area (Å²) in [7, 11) is -4.37. The number of aryl methyl sites for hydroxylation is 2. The van der Waals surface area contributed by atoms with Crippen molar-refractivity contribution in [2.45, 2.75) is 35.6 Å². The molecular formula is C30H27F3N2O3S2. The lowest BCUT2D eigenvalue weighted by molar-refractivity contribution is -0.137. The highest BCUT2D eigenvalue weighted by Crippen LogP contribution is 2.33. The number of thioether (sulfide) groups is 1. The van der Waals surface area contributed by atoms with Crippen LogP contribution in [0, 0.1) is 13.8 Å². The fourth-order valence-electron chi connectivity index (χ4n) is 3.95. The number of rotatable bonds is 9. The number of carbonyl (C=O) groups excluding carboxylic acids is 1. The van der Waals surface area contributed by atoms with Crippen molar-refractivity contribution in [1.29, 1.82) is 0 Å². The van der Waals surface area contributed by atoms with Gasteiger partial charge in [0.05, 0.1) is 16.1 Å². The van der Waals surface area contributed by atoms with Crippen LogP contribution in [0.3, 0.4) is 0 Å². The van der Waals surface area contributed by atoms with Crippen LogP contribution in [-0.2, 0) is 26.7 Å². The van der Waals surface area contributed by atoms with Crippen LogP contribution in [0.2, 0.25) is 0 Å². The summed E-state index contributed by atoms with van der Waals surface area (Å²) >= 11 is 1.67. The van der Waals surface area contributed by atoms with Gasteiger partial charge in [-0.1, -0.05) is 54.1 Å². The second-order valence-electron chi connectivity index (χ2n) is 9.17. The highest BCUT2D eigenvalue weighted by atomic mass is 32.2. The van der Waals surface area contributed by atoms with Crippen LogP contribution in [0.1, 0.15) is 22.3 Å². The molecule has 10 heteroatoms. The van der Waals surface area contributed by atoms with Gasteiger partial charge >= 0.3 is 6.18 Å². The van der Waals surface area contributed by atoms with E-state index in [9.17, 15) is 26.4 Å². The lowest BCUT2D eigenvalue weighted by atomic mass is 10.1. The molecule has 40 heavy (non-hydrogen) atoms. The number of amides is 1.